The lowest BCUT2D eigenvalue weighted by atomic mass is 9.89. The molecule has 0 aromatic heterocycles. The Balaban J connectivity index is 1.59. The van der Waals surface area contributed by atoms with Crippen LogP contribution in [0.25, 0.3) is 0 Å². The maximum atomic E-state index is 12.9. The fraction of sp³-hybridized carbons (Fsp3) is 0.650. The summed E-state index contributed by atoms with van der Waals surface area (Å²) in [6, 6.07) is 6.36. The molecule has 0 N–H and O–H groups in total. The summed E-state index contributed by atoms with van der Waals surface area (Å²) >= 11 is 0. The van der Waals surface area contributed by atoms with Crippen LogP contribution in [-0.2, 0) is 4.74 Å². The highest BCUT2D eigenvalue weighted by molar-refractivity contribution is 5.97. The zero-order valence-corrected chi connectivity index (χ0v) is 15.7. The third-order valence-corrected chi connectivity index (χ3v) is 5.72. The molecule has 25 heavy (non-hydrogen) atoms. The molecule has 138 valence electrons. The second-order valence-corrected chi connectivity index (χ2v) is 7.22. The molecule has 2 aliphatic rings. The molecule has 1 unspecified atom stereocenters. The first-order valence-corrected chi connectivity index (χ1v) is 9.36. The van der Waals surface area contributed by atoms with E-state index in [4.69, 9.17) is 9.47 Å². The minimum Gasteiger partial charge on any atom is -0.496 e. The fourth-order valence-electron chi connectivity index (χ4n) is 4.01. The molecule has 0 bridgehead atoms. The van der Waals surface area contributed by atoms with Gasteiger partial charge in [0.15, 0.2) is 0 Å². The van der Waals surface area contributed by atoms with Crippen molar-refractivity contribution < 1.29 is 14.3 Å². The Morgan fingerprint density at radius 1 is 1.20 bits per heavy atom. The van der Waals surface area contributed by atoms with E-state index in [-0.39, 0.29) is 5.91 Å². The number of rotatable bonds is 4. The summed E-state index contributed by atoms with van der Waals surface area (Å²) in [5, 5.41) is 0. The average Bonchev–Trinajstić information content (AvgIpc) is 2.67. The van der Waals surface area contributed by atoms with E-state index in [2.05, 4.69) is 11.8 Å². The van der Waals surface area contributed by atoms with Gasteiger partial charge in [0.05, 0.1) is 25.9 Å². The molecule has 2 heterocycles. The lowest BCUT2D eigenvalue weighted by Gasteiger charge is -2.41. The van der Waals surface area contributed by atoms with Gasteiger partial charge in [0.1, 0.15) is 5.75 Å². The predicted octanol–water partition coefficient (Wildman–Crippen LogP) is 2.58. The van der Waals surface area contributed by atoms with E-state index in [1.165, 1.54) is 0 Å². The topological polar surface area (TPSA) is 42.0 Å². The normalized spacial score (nSPS) is 21.2. The second kappa shape index (κ2) is 8.19. The van der Waals surface area contributed by atoms with Crippen molar-refractivity contribution in [3.05, 3.63) is 29.3 Å². The number of carbonyl (C=O) groups is 1. The number of aryl methyl sites for hydroxylation is 1. The largest absolute Gasteiger partial charge is 0.496 e. The van der Waals surface area contributed by atoms with Crippen LogP contribution in [0, 0.1) is 12.8 Å². The summed E-state index contributed by atoms with van der Waals surface area (Å²) in [6.45, 7) is 9.74. The molecule has 0 spiro atoms. The molecule has 0 saturated carbocycles. The number of hydrogen-bond acceptors (Lipinski definition) is 4. The van der Waals surface area contributed by atoms with Gasteiger partial charge in [-0.15, -0.1) is 0 Å². The van der Waals surface area contributed by atoms with Crippen molar-refractivity contribution in [2.45, 2.75) is 32.7 Å². The number of nitrogens with zero attached hydrogens (tertiary/aromatic N) is 2. The van der Waals surface area contributed by atoms with Crippen LogP contribution in [0.4, 0.5) is 0 Å². The molecule has 1 atom stereocenters. The standard InChI is InChI=1S/C20H30N2O3/c1-15-4-5-18(19(14-15)24-3)20(23)22-8-6-17(7-9-22)16(2)21-10-12-25-13-11-21/h4-5,14,16-17H,6-13H2,1-3H3. The molecule has 1 aromatic carbocycles. The van der Waals surface area contributed by atoms with E-state index in [1.807, 2.05) is 30.0 Å². The number of methoxy groups -OCH3 is 1. The van der Waals surface area contributed by atoms with Crippen molar-refractivity contribution in [3.8, 4) is 5.75 Å². The highest BCUT2D eigenvalue weighted by Gasteiger charge is 2.31. The Labute approximate surface area is 150 Å². The van der Waals surface area contributed by atoms with E-state index in [9.17, 15) is 4.79 Å². The Morgan fingerprint density at radius 2 is 1.88 bits per heavy atom. The first-order chi connectivity index (χ1) is 12.1. The molecule has 3 rings (SSSR count). The quantitative estimate of drug-likeness (QED) is 0.840. The van der Waals surface area contributed by atoms with Crippen molar-refractivity contribution >= 4 is 5.91 Å². The third kappa shape index (κ3) is 4.15. The zero-order chi connectivity index (χ0) is 17.8. The number of ether oxygens (including phenoxy) is 2. The fourth-order valence-corrected chi connectivity index (χ4v) is 4.01. The van der Waals surface area contributed by atoms with Crippen molar-refractivity contribution in [3.63, 3.8) is 0 Å². The first-order valence-electron chi connectivity index (χ1n) is 9.36. The molecule has 2 saturated heterocycles. The van der Waals surface area contributed by atoms with Gasteiger partial charge in [0, 0.05) is 32.2 Å². The van der Waals surface area contributed by atoms with E-state index >= 15 is 0 Å². The van der Waals surface area contributed by atoms with Crippen LogP contribution in [0.15, 0.2) is 18.2 Å². The highest BCUT2D eigenvalue weighted by Crippen LogP contribution is 2.27. The Bertz CT molecular complexity index is 591. The summed E-state index contributed by atoms with van der Waals surface area (Å²) in [5.41, 5.74) is 1.78. The summed E-state index contributed by atoms with van der Waals surface area (Å²) in [4.78, 5) is 17.4. The maximum absolute atomic E-state index is 12.9. The van der Waals surface area contributed by atoms with Gasteiger partial charge in [-0.2, -0.15) is 0 Å². The highest BCUT2D eigenvalue weighted by atomic mass is 16.5. The first kappa shape index (κ1) is 18.2. The van der Waals surface area contributed by atoms with Crippen LogP contribution in [-0.4, -0.2) is 68.3 Å². The molecule has 2 aliphatic heterocycles. The molecule has 2 fully saturated rings. The monoisotopic (exact) mass is 346 g/mol. The number of benzene rings is 1. The summed E-state index contributed by atoms with van der Waals surface area (Å²) in [5.74, 6) is 1.42. The molecule has 1 aromatic rings. The van der Waals surface area contributed by atoms with Gasteiger partial charge in [-0.05, 0) is 50.3 Å². The van der Waals surface area contributed by atoms with Gasteiger partial charge in [-0.3, -0.25) is 9.69 Å². The van der Waals surface area contributed by atoms with Crippen molar-refractivity contribution in [1.82, 2.24) is 9.80 Å². The number of amides is 1. The SMILES string of the molecule is COc1cc(C)ccc1C(=O)N1CCC(C(C)N2CCOCC2)CC1. The van der Waals surface area contributed by atoms with Crippen molar-refractivity contribution in [1.29, 1.82) is 0 Å². The minimum absolute atomic E-state index is 0.0920. The lowest BCUT2D eigenvalue weighted by molar-refractivity contribution is -0.000965. The van der Waals surface area contributed by atoms with Crippen molar-refractivity contribution in [2.24, 2.45) is 5.92 Å². The van der Waals surface area contributed by atoms with Crippen LogP contribution < -0.4 is 4.74 Å². The van der Waals surface area contributed by atoms with Crippen LogP contribution >= 0.6 is 0 Å². The van der Waals surface area contributed by atoms with E-state index in [0.717, 1.165) is 57.8 Å². The number of hydrogen-bond donors (Lipinski definition) is 0. The molecular formula is C20H30N2O3. The Hall–Kier alpha value is -1.59. The molecular weight excluding hydrogens is 316 g/mol. The summed E-state index contributed by atoms with van der Waals surface area (Å²) in [7, 11) is 1.63. The minimum atomic E-state index is 0.0920. The molecule has 0 radical (unpaired) electrons. The van der Waals surface area contributed by atoms with Gasteiger partial charge in [-0.1, -0.05) is 6.07 Å². The van der Waals surface area contributed by atoms with Gasteiger partial charge >= 0.3 is 0 Å². The van der Waals surface area contributed by atoms with E-state index in [1.54, 1.807) is 7.11 Å². The number of morpholine rings is 1. The van der Waals surface area contributed by atoms with Crippen LogP contribution in [0.2, 0.25) is 0 Å². The molecule has 0 aliphatic carbocycles. The molecule has 5 heteroatoms. The predicted molar refractivity (Wildman–Crippen MR) is 98.2 cm³/mol. The number of likely N-dealkylation sites (tertiary alicyclic amines) is 1. The van der Waals surface area contributed by atoms with Gasteiger partial charge in [0.25, 0.3) is 5.91 Å². The number of piperidine rings is 1. The van der Waals surface area contributed by atoms with E-state index < -0.39 is 0 Å². The van der Waals surface area contributed by atoms with Crippen LogP contribution in [0.3, 0.4) is 0 Å². The third-order valence-electron chi connectivity index (χ3n) is 5.72. The summed E-state index contributed by atoms with van der Waals surface area (Å²) in [6.07, 6.45) is 2.14. The van der Waals surface area contributed by atoms with E-state index in [0.29, 0.717) is 23.3 Å². The second-order valence-electron chi connectivity index (χ2n) is 7.22. The maximum Gasteiger partial charge on any atom is 0.257 e. The Kier molecular flexibility index (Phi) is 5.97. The van der Waals surface area contributed by atoms with Crippen LogP contribution in [0.1, 0.15) is 35.7 Å². The smallest absolute Gasteiger partial charge is 0.257 e. The van der Waals surface area contributed by atoms with Crippen LogP contribution in [0.5, 0.6) is 5.75 Å². The van der Waals surface area contributed by atoms with Gasteiger partial charge < -0.3 is 14.4 Å². The zero-order valence-electron chi connectivity index (χ0n) is 15.7. The molecule has 5 nitrogen and oxygen atoms in total. The van der Waals surface area contributed by atoms with Crippen molar-refractivity contribution in [2.75, 3.05) is 46.5 Å². The molecule has 1 amide bonds. The lowest BCUT2D eigenvalue weighted by Crippen LogP contribution is -2.49. The Morgan fingerprint density at radius 3 is 2.52 bits per heavy atom. The number of carbonyl (C=O) groups excluding carboxylic acids is 1. The average molecular weight is 346 g/mol. The van der Waals surface area contributed by atoms with Gasteiger partial charge in [0.2, 0.25) is 0 Å². The summed E-state index contributed by atoms with van der Waals surface area (Å²) < 4.78 is 10.9. The van der Waals surface area contributed by atoms with Gasteiger partial charge in [-0.25, -0.2) is 0 Å².